The molecule has 8 nitrogen and oxygen atoms in total. The number of rotatable bonds is 7. The van der Waals surface area contributed by atoms with E-state index in [1.807, 2.05) is 19.9 Å². The van der Waals surface area contributed by atoms with Crippen LogP contribution in [0.15, 0.2) is 12.3 Å². The fraction of sp³-hybridized carbons (Fsp3) is 0.619. The predicted molar refractivity (Wildman–Crippen MR) is 115 cm³/mol. The van der Waals surface area contributed by atoms with Crippen molar-refractivity contribution in [2.75, 3.05) is 17.2 Å². The summed E-state index contributed by atoms with van der Waals surface area (Å²) >= 11 is 0. The molecular formula is C21H32N6O2. The highest BCUT2D eigenvalue weighted by Crippen LogP contribution is 2.26. The molecule has 0 aromatic carbocycles. The molecule has 8 heteroatoms. The van der Waals surface area contributed by atoms with E-state index in [4.69, 9.17) is 0 Å². The van der Waals surface area contributed by atoms with Crippen LogP contribution in [0, 0.1) is 5.92 Å². The highest BCUT2D eigenvalue weighted by molar-refractivity contribution is 5.89. The lowest BCUT2D eigenvalue weighted by Gasteiger charge is -2.28. The van der Waals surface area contributed by atoms with Gasteiger partial charge in [0.2, 0.25) is 11.9 Å². The average molecular weight is 401 g/mol. The first-order valence-corrected chi connectivity index (χ1v) is 10.4. The van der Waals surface area contributed by atoms with Crippen molar-refractivity contribution < 1.29 is 9.90 Å². The Hall–Kier alpha value is -2.48. The van der Waals surface area contributed by atoms with Gasteiger partial charge in [-0.05, 0) is 58.4 Å². The van der Waals surface area contributed by atoms with Gasteiger partial charge in [0.1, 0.15) is 5.52 Å². The van der Waals surface area contributed by atoms with E-state index in [2.05, 4.69) is 30.9 Å². The number of aliphatic hydroxyl groups excluding tert-OH is 1. The van der Waals surface area contributed by atoms with Crippen molar-refractivity contribution in [2.24, 2.45) is 5.92 Å². The molecule has 4 N–H and O–H groups in total. The fourth-order valence-electron chi connectivity index (χ4n) is 3.77. The summed E-state index contributed by atoms with van der Waals surface area (Å²) in [5.41, 5.74) is 1.34. The minimum atomic E-state index is -0.655. The third-order valence-corrected chi connectivity index (χ3v) is 5.24. The van der Waals surface area contributed by atoms with Crippen LogP contribution in [0.25, 0.3) is 10.9 Å². The van der Waals surface area contributed by atoms with Crippen molar-refractivity contribution >= 4 is 28.6 Å². The summed E-state index contributed by atoms with van der Waals surface area (Å²) in [5.74, 6) is 1.84. The Balaban J connectivity index is 1.69. The number of hydrogen-bond donors (Lipinski definition) is 4. The number of pyridine rings is 1. The maximum atomic E-state index is 11.2. The van der Waals surface area contributed by atoms with E-state index in [0.717, 1.165) is 43.1 Å². The largest absolute Gasteiger partial charge is 0.387 e. The molecule has 1 fully saturated rings. The second-order valence-corrected chi connectivity index (χ2v) is 8.30. The number of hydrogen-bond acceptors (Lipinski definition) is 7. The van der Waals surface area contributed by atoms with E-state index >= 15 is 0 Å². The van der Waals surface area contributed by atoms with Crippen LogP contribution in [0.4, 0.5) is 11.8 Å². The van der Waals surface area contributed by atoms with Crippen molar-refractivity contribution in [3.63, 3.8) is 0 Å². The Bertz CT molecular complexity index is 846. The zero-order chi connectivity index (χ0) is 21.0. The number of carbonyl (C=O) groups excluding carboxylic acids is 1. The normalized spacial score (nSPS) is 20.5. The Morgan fingerprint density at radius 1 is 1.21 bits per heavy atom. The zero-order valence-corrected chi connectivity index (χ0v) is 17.7. The van der Waals surface area contributed by atoms with Gasteiger partial charge in [-0.2, -0.15) is 0 Å². The van der Waals surface area contributed by atoms with Crippen molar-refractivity contribution in [1.29, 1.82) is 0 Å². The van der Waals surface area contributed by atoms with Gasteiger partial charge in [-0.15, -0.1) is 0 Å². The lowest BCUT2D eigenvalue weighted by Crippen LogP contribution is -2.37. The molecular weight excluding hydrogens is 368 g/mol. The number of nitrogens with one attached hydrogen (secondary N) is 3. The van der Waals surface area contributed by atoms with E-state index in [1.54, 1.807) is 20.0 Å². The summed E-state index contributed by atoms with van der Waals surface area (Å²) in [5, 5.41) is 20.5. The molecule has 29 heavy (non-hydrogen) atoms. The van der Waals surface area contributed by atoms with Gasteiger partial charge in [-0.3, -0.25) is 4.79 Å². The topological polar surface area (TPSA) is 112 Å². The second kappa shape index (κ2) is 9.35. The summed E-state index contributed by atoms with van der Waals surface area (Å²) in [6.45, 7) is 8.17. The Morgan fingerprint density at radius 2 is 1.93 bits per heavy atom. The predicted octanol–water partition coefficient (Wildman–Crippen LogP) is 3.01. The number of nitrogens with zero attached hydrogens (tertiary/aromatic N) is 3. The molecule has 1 aliphatic carbocycles. The lowest BCUT2D eigenvalue weighted by atomic mass is 9.86. The van der Waals surface area contributed by atoms with Gasteiger partial charge in [-0.1, -0.05) is 0 Å². The molecule has 3 rings (SSSR count). The average Bonchev–Trinajstić information content (AvgIpc) is 2.66. The molecule has 1 amide bonds. The van der Waals surface area contributed by atoms with Crippen LogP contribution in [-0.4, -0.2) is 44.6 Å². The smallest absolute Gasteiger partial charge is 0.223 e. The first-order chi connectivity index (χ1) is 13.8. The maximum Gasteiger partial charge on any atom is 0.223 e. The minimum absolute atomic E-state index is 0.0503. The van der Waals surface area contributed by atoms with Gasteiger partial charge in [0.25, 0.3) is 0 Å². The van der Waals surface area contributed by atoms with Crippen LogP contribution >= 0.6 is 0 Å². The van der Waals surface area contributed by atoms with E-state index < -0.39 is 6.10 Å². The summed E-state index contributed by atoms with van der Waals surface area (Å²) in [6, 6.07) is 2.33. The number of fused-ring (bicyclic) bond motifs is 1. The van der Waals surface area contributed by atoms with Gasteiger partial charge in [0, 0.05) is 37.1 Å². The van der Waals surface area contributed by atoms with Crippen LogP contribution in [0.5, 0.6) is 0 Å². The van der Waals surface area contributed by atoms with E-state index in [1.165, 1.54) is 0 Å². The molecule has 0 unspecified atom stereocenters. The van der Waals surface area contributed by atoms with Crippen LogP contribution in [0.3, 0.4) is 0 Å². The third kappa shape index (κ3) is 5.76. The third-order valence-electron chi connectivity index (χ3n) is 5.24. The van der Waals surface area contributed by atoms with Gasteiger partial charge in [0.05, 0.1) is 11.8 Å². The Kier molecular flexibility index (Phi) is 6.84. The van der Waals surface area contributed by atoms with Crippen molar-refractivity contribution in [2.45, 2.75) is 71.6 Å². The number of aliphatic hydroxyl groups is 1. The molecule has 158 valence electrons. The molecule has 1 saturated carbocycles. The molecule has 0 bridgehead atoms. The molecule has 2 heterocycles. The summed E-state index contributed by atoms with van der Waals surface area (Å²) < 4.78 is 0. The SMILES string of the molecule is CC(=O)NC1CCC(CNc2ncc3cc([C@@H](C)O)nc(NC(C)C)c3n2)CC1. The van der Waals surface area contributed by atoms with Crippen molar-refractivity contribution in [3.8, 4) is 0 Å². The number of anilines is 2. The summed E-state index contributed by atoms with van der Waals surface area (Å²) in [7, 11) is 0. The van der Waals surface area contributed by atoms with Crippen molar-refractivity contribution in [1.82, 2.24) is 20.3 Å². The molecule has 0 radical (unpaired) electrons. The van der Waals surface area contributed by atoms with E-state index in [9.17, 15) is 9.90 Å². The second-order valence-electron chi connectivity index (χ2n) is 8.30. The highest BCUT2D eigenvalue weighted by Gasteiger charge is 2.22. The molecule has 1 aliphatic rings. The van der Waals surface area contributed by atoms with E-state index in [-0.39, 0.29) is 11.9 Å². The number of aromatic nitrogens is 3. The Morgan fingerprint density at radius 3 is 2.55 bits per heavy atom. The molecule has 2 aromatic heterocycles. The fourth-order valence-corrected chi connectivity index (χ4v) is 3.77. The molecule has 0 spiro atoms. The van der Waals surface area contributed by atoms with Gasteiger partial charge < -0.3 is 21.1 Å². The number of amides is 1. The standard InChI is InChI=1S/C21H32N6O2/c1-12(2)24-20-19-16(9-18(26-20)13(3)28)11-23-21(27-19)22-10-15-5-7-17(8-6-15)25-14(4)29/h9,11-13,15,17,28H,5-8,10H2,1-4H3,(H,24,26)(H,25,29)(H,22,23,27)/t13-,15?,17?/m1/s1. The highest BCUT2D eigenvalue weighted by atomic mass is 16.3. The Labute approximate surface area is 171 Å². The quantitative estimate of drug-likeness (QED) is 0.565. The molecule has 0 saturated heterocycles. The minimum Gasteiger partial charge on any atom is -0.387 e. The van der Waals surface area contributed by atoms with Gasteiger partial charge >= 0.3 is 0 Å². The maximum absolute atomic E-state index is 11.2. The summed E-state index contributed by atoms with van der Waals surface area (Å²) in [4.78, 5) is 24.9. The van der Waals surface area contributed by atoms with E-state index in [0.29, 0.717) is 29.4 Å². The zero-order valence-electron chi connectivity index (χ0n) is 17.7. The summed E-state index contributed by atoms with van der Waals surface area (Å²) in [6.07, 6.45) is 5.29. The van der Waals surface area contributed by atoms with Crippen LogP contribution in [-0.2, 0) is 4.79 Å². The van der Waals surface area contributed by atoms with Crippen molar-refractivity contribution in [3.05, 3.63) is 18.0 Å². The molecule has 0 aliphatic heterocycles. The van der Waals surface area contributed by atoms with Gasteiger partial charge in [-0.25, -0.2) is 15.0 Å². The molecule has 2 aromatic rings. The number of carbonyl (C=O) groups is 1. The molecule has 1 atom stereocenters. The first kappa shape index (κ1) is 21.2. The van der Waals surface area contributed by atoms with Gasteiger partial charge in [0.15, 0.2) is 5.82 Å². The van der Waals surface area contributed by atoms with Crippen LogP contribution in [0.1, 0.15) is 65.2 Å². The van der Waals surface area contributed by atoms with Crippen LogP contribution in [0.2, 0.25) is 0 Å². The lowest BCUT2D eigenvalue weighted by molar-refractivity contribution is -0.119. The monoisotopic (exact) mass is 400 g/mol. The first-order valence-electron chi connectivity index (χ1n) is 10.4. The van der Waals surface area contributed by atoms with Crippen LogP contribution < -0.4 is 16.0 Å².